The van der Waals surface area contributed by atoms with E-state index in [1.165, 1.54) is 30.4 Å². The van der Waals surface area contributed by atoms with Gasteiger partial charge in [0.1, 0.15) is 0 Å². The Hall–Kier alpha value is -0.940. The van der Waals surface area contributed by atoms with Gasteiger partial charge in [0.25, 0.3) is 0 Å². The number of hydrogen-bond donors (Lipinski definition) is 3. The number of aliphatic hydroxyl groups is 2. The highest BCUT2D eigenvalue weighted by molar-refractivity contribution is 5.34. The van der Waals surface area contributed by atoms with Crippen LogP contribution in [0.3, 0.4) is 0 Å². The van der Waals surface area contributed by atoms with Crippen LogP contribution in [0.5, 0.6) is 0 Å². The topological polar surface area (TPSA) is 61.7 Å². The van der Waals surface area contributed by atoms with Crippen LogP contribution < -0.4 is 5.32 Å². The van der Waals surface area contributed by atoms with Crippen molar-refractivity contribution in [3.63, 3.8) is 0 Å². The maximum atomic E-state index is 10.2. The van der Waals surface area contributed by atoms with Gasteiger partial charge in [0.05, 0.1) is 25.9 Å². The predicted molar refractivity (Wildman–Crippen MR) is 78.8 cm³/mol. The summed E-state index contributed by atoms with van der Waals surface area (Å²) in [5.41, 5.74) is 3.84. The first-order chi connectivity index (χ1) is 9.81. The van der Waals surface area contributed by atoms with Crippen LogP contribution >= 0.6 is 0 Å². The zero-order valence-electron chi connectivity index (χ0n) is 12.0. The molecule has 0 saturated carbocycles. The minimum Gasteiger partial charge on any atom is -0.394 e. The zero-order valence-corrected chi connectivity index (χ0v) is 12.0. The molecule has 0 bridgehead atoms. The van der Waals surface area contributed by atoms with Gasteiger partial charge >= 0.3 is 0 Å². The Kier molecular flexibility index (Phi) is 6.47. The quantitative estimate of drug-likeness (QED) is 0.626. The molecule has 1 aliphatic rings. The lowest BCUT2D eigenvalue weighted by Gasteiger charge is -2.19. The number of benzene rings is 1. The van der Waals surface area contributed by atoms with Crippen LogP contribution in [0.4, 0.5) is 0 Å². The summed E-state index contributed by atoms with van der Waals surface area (Å²) in [6.07, 6.45) is 4.38. The molecule has 4 nitrogen and oxygen atoms in total. The van der Waals surface area contributed by atoms with Crippen molar-refractivity contribution in [1.29, 1.82) is 0 Å². The summed E-state index contributed by atoms with van der Waals surface area (Å²) in [6, 6.07) is 6.36. The van der Waals surface area contributed by atoms with Crippen molar-refractivity contribution in [2.45, 2.75) is 31.8 Å². The molecule has 0 heterocycles. The average molecular weight is 279 g/mol. The van der Waals surface area contributed by atoms with Crippen molar-refractivity contribution in [2.24, 2.45) is 0 Å². The molecule has 2 rings (SSSR count). The molecule has 112 valence electrons. The van der Waals surface area contributed by atoms with Gasteiger partial charge in [-0.1, -0.05) is 18.2 Å². The maximum absolute atomic E-state index is 10.2. The van der Waals surface area contributed by atoms with E-state index < -0.39 is 6.10 Å². The maximum Gasteiger partial charge on any atom is 0.0914 e. The standard InChI is InChI=1S/C16H25NO3/c18-8-10-20-9-7-17-12-16(19)15-6-5-13-3-1-2-4-14(13)11-15/h5-6,11,16-19H,1-4,7-10,12H2. The second-order valence-electron chi connectivity index (χ2n) is 5.29. The first-order valence-electron chi connectivity index (χ1n) is 7.50. The van der Waals surface area contributed by atoms with E-state index in [9.17, 15) is 5.11 Å². The summed E-state index contributed by atoms with van der Waals surface area (Å²) < 4.78 is 5.15. The summed E-state index contributed by atoms with van der Waals surface area (Å²) in [5, 5.41) is 21.9. The zero-order chi connectivity index (χ0) is 14.2. The third kappa shape index (κ3) is 4.56. The van der Waals surface area contributed by atoms with E-state index in [2.05, 4.69) is 17.4 Å². The molecule has 1 aromatic rings. The van der Waals surface area contributed by atoms with Crippen molar-refractivity contribution in [2.75, 3.05) is 32.9 Å². The van der Waals surface area contributed by atoms with Gasteiger partial charge in [-0.05, 0) is 42.4 Å². The van der Waals surface area contributed by atoms with Gasteiger partial charge in [-0.3, -0.25) is 0 Å². The molecule has 1 unspecified atom stereocenters. The molecule has 1 aliphatic carbocycles. The largest absolute Gasteiger partial charge is 0.394 e. The second-order valence-corrected chi connectivity index (χ2v) is 5.29. The Labute approximate surface area is 120 Å². The van der Waals surface area contributed by atoms with Gasteiger partial charge in [-0.15, -0.1) is 0 Å². The third-order valence-corrected chi connectivity index (χ3v) is 3.75. The van der Waals surface area contributed by atoms with Crippen molar-refractivity contribution < 1.29 is 14.9 Å². The number of aliphatic hydroxyl groups excluding tert-OH is 2. The molecule has 0 aliphatic heterocycles. The fourth-order valence-corrected chi connectivity index (χ4v) is 2.63. The summed E-state index contributed by atoms with van der Waals surface area (Å²) in [5.74, 6) is 0. The van der Waals surface area contributed by atoms with E-state index in [1.807, 2.05) is 6.07 Å². The molecule has 0 saturated heterocycles. The Morgan fingerprint density at radius 2 is 1.95 bits per heavy atom. The highest BCUT2D eigenvalue weighted by Gasteiger charge is 2.13. The smallest absolute Gasteiger partial charge is 0.0914 e. The number of aryl methyl sites for hydroxylation is 2. The lowest BCUT2D eigenvalue weighted by atomic mass is 9.89. The molecule has 0 spiro atoms. The SMILES string of the molecule is OCCOCCNCC(O)c1ccc2c(c1)CCCC2. The van der Waals surface area contributed by atoms with Crippen LogP contribution in [0.2, 0.25) is 0 Å². The average Bonchev–Trinajstić information content (AvgIpc) is 2.50. The summed E-state index contributed by atoms with van der Waals surface area (Å²) in [6.45, 7) is 2.19. The number of ether oxygens (including phenoxy) is 1. The fraction of sp³-hybridized carbons (Fsp3) is 0.625. The molecule has 3 N–H and O–H groups in total. The van der Waals surface area contributed by atoms with Gasteiger partial charge in [0.2, 0.25) is 0 Å². The van der Waals surface area contributed by atoms with Crippen LogP contribution in [0.15, 0.2) is 18.2 Å². The highest BCUT2D eigenvalue weighted by atomic mass is 16.5. The van der Waals surface area contributed by atoms with Gasteiger partial charge in [-0.2, -0.15) is 0 Å². The molecule has 20 heavy (non-hydrogen) atoms. The van der Waals surface area contributed by atoms with Crippen LogP contribution in [-0.4, -0.2) is 43.1 Å². The summed E-state index contributed by atoms with van der Waals surface area (Å²) in [4.78, 5) is 0. The predicted octanol–water partition coefficient (Wildman–Crippen LogP) is 1.20. The van der Waals surface area contributed by atoms with Crippen LogP contribution in [0.25, 0.3) is 0 Å². The lowest BCUT2D eigenvalue weighted by molar-refractivity contribution is 0.0910. The van der Waals surface area contributed by atoms with E-state index in [1.54, 1.807) is 0 Å². The van der Waals surface area contributed by atoms with Crippen LogP contribution in [0.1, 0.15) is 35.6 Å². The Morgan fingerprint density at radius 3 is 2.75 bits per heavy atom. The highest BCUT2D eigenvalue weighted by Crippen LogP contribution is 2.24. The molecule has 1 atom stereocenters. The molecule has 1 aromatic carbocycles. The van der Waals surface area contributed by atoms with Crippen molar-refractivity contribution >= 4 is 0 Å². The van der Waals surface area contributed by atoms with E-state index in [4.69, 9.17) is 9.84 Å². The van der Waals surface area contributed by atoms with Crippen molar-refractivity contribution in [1.82, 2.24) is 5.32 Å². The fourth-order valence-electron chi connectivity index (χ4n) is 2.63. The first kappa shape index (κ1) is 15.4. The number of fused-ring (bicyclic) bond motifs is 1. The molecule has 4 heteroatoms. The Morgan fingerprint density at radius 1 is 1.15 bits per heavy atom. The summed E-state index contributed by atoms with van der Waals surface area (Å²) in [7, 11) is 0. The van der Waals surface area contributed by atoms with Crippen LogP contribution in [-0.2, 0) is 17.6 Å². The first-order valence-corrected chi connectivity index (χ1v) is 7.50. The molecular weight excluding hydrogens is 254 g/mol. The minimum absolute atomic E-state index is 0.0533. The van der Waals surface area contributed by atoms with E-state index in [0.717, 1.165) is 12.0 Å². The molecule has 0 amide bonds. The number of hydrogen-bond acceptors (Lipinski definition) is 4. The van der Waals surface area contributed by atoms with E-state index in [0.29, 0.717) is 26.3 Å². The van der Waals surface area contributed by atoms with E-state index in [-0.39, 0.29) is 6.61 Å². The molecule has 0 radical (unpaired) electrons. The van der Waals surface area contributed by atoms with Gasteiger partial charge in [0.15, 0.2) is 0 Å². The molecule has 0 fully saturated rings. The van der Waals surface area contributed by atoms with Crippen LogP contribution in [0, 0.1) is 0 Å². The second kappa shape index (κ2) is 8.37. The van der Waals surface area contributed by atoms with E-state index >= 15 is 0 Å². The third-order valence-electron chi connectivity index (χ3n) is 3.75. The minimum atomic E-state index is -0.472. The normalized spacial score (nSPS) is 15.9. The monoisotopic (exact) mass is 279 g/mol. The van der Waals surface area contributed by atoms with Crippen molar-refractivity contribution in [3.05, 3.63) is 34.9 Å². The Bertz CT molecular complexity index is 409. The van der Waals surface area contributed by atoms with Gasteiger partial charge in [0, 0.05) is 13.1 Å². The number of rotatable bonds is 8. The molecular formula is C16H25NO3. The molecule has 0 aromatic heterocycles. The summed E-state index contributed by atoms with van der Waals surface area (Å²) >= 11 is 0. The van der Waals surface area contributed by atoms with Gasteiger partial charge < -0.3 is 20.3 Å². The Balaban J connectivity index is 1.76. The van der Waals surface area contributed by atoms with Gasteiger partial charge in [-0.25, -0.2) is 0 Å². The number of nitrogens with one attached hydrogen (secondary N) is 1. The lowest BCUT2D eigenvalue weighted by Crippen LogP contribution is -2.25. The van der Waals surface area contributed by atoms with Crippen molar-refractivity contribution in [3.8, 4) is 0 Å².